The Bertz CT molecular complexity index is 350. The van der Waals surface area contributed by atoms with E-state index in [0.29, 0.717) is 19.1 Å². The highest BCUT2D eigenvalue weighted by atomic mass is 19.4. The standard InChI is InChI=1S/C11H18F3N3O/c1-9(2)17-5-3-10(16-17)7-15-4-6-18-8-11(12,13)14/h3,5,9,15H,4,6-8H2,1-2H3. The van der Waals surface area contributed by atoms with Crippen LogP contribution in [0.3, 0.4) is 0 Å². The molecule has 18 heavy (non-hydrogen) atoms. The Labute approximate surface area is 104 Å². The Balaban J connectivity index is 2.10. The smallest absolute Gasteiger partial charge is 0.371 e. The van der Waals surface area contributed by atoms with Crippen molar-refractivity contribution < 1.29 is 17.9 Å². The fourth-order valence-corrected chi connectivity index (χ4v) is 1.31. The molecule has 4 nitrogen and oxygen atoms in total. The number of hydrogen-bond donors (Lipinski definition) is 1. The zero-order valence-corrected chi connectivity index (χ0v) is 10.5. The van der Waals surface area contributed by atoms with Gasteiger partial charge < -0.3 is 10.1 Å². The molecular weight excluding hydrogens is 247 g/mol. The zero-order chi connectivity index (χ0) is 13.6. The highest BCUT2D eigenvalue weighted by Gasteiger charge is 2.27. The molecule has 1 heterocycles. The van der Waals surface area contributed by atoms with Crippen molar-refractivity contribution >= 4 is 0 Å². The van der Waals surface area contributed by atoms with Gasteiger partial charge in [0.05, 0.1) is 12.3 Å². The van der Waals surface area contributed by atoms with Crippen molar-refractivity contribution in [2.24, 2.45) is 0 Å². The van der Waals surface area contributed by atoms with Crippen molar-refractivity contribution in [3.05, 3.63) is 18.0 Å². The van der Waals surface area contributed by atoms with E-state index in [0.717, 1.165) is 5.69 Å². The molecule has 0 aliphatic heterocycles. The third kappa shape index (κ3) is 6.02. The quantitative estimate of drug-likeness (QED) is 0.768. The number of nitrogens with one attached hydrogen (secondary N) is 1. The molecule has 0 aliphatic carbocycles. The number of nitrogens with zero attached hydrogens (tertiary/aromatic N) is 2. The molecule has 0 spiro atoms. The van der Waals surface area contributed by atoms with E-state index in [1.165, 1.54) is 0 Å². The fraction of sp³-hybridized carbons (Fsp3) is 0.727. The van der Waals surface area contributed by atoms with Crippen LogP contribution >= 0.6 is 0 Å². The van der Waals surface area contributed by atoms with E-state index in [4.69, 9.17) is 0 Å². The molecule has 0 aliphatic rings. The van der Waals surface area contributed by atoms with Crippen LogP contribution in [0.15, 0.2) is 12.3 Å². The number of hydrogen-bond acceptors (Lipinski definition) is 3. The maximum atomic E-state index is 11.8. The van der Waals surface area contributed by atoms with Crippen LogP contribution in [0.4, 0.5) is 13.2 Å². The first-order chi connectivity index (χ1) is 8.38. The van der Waals surface area contributed by atoms with Crippen molar-refractivity contribution in [3.8, 4) is 0 Å². The summed E-state index contributed by atoms with van der Waals surface area (Å²) < 4.78 is 41.5. The SMILES string of the molecule is CC(C)n1ccc(CNCCOCC(F)(F)F)n1. The highest BCUT2D eigenvalue weighted by molar-refractivity contribution is 4.98. The molecule has 0 atom stereocenters. The summed E-state index contributed by atoms with van der Waals surface area (Å²) in [7, 11) is 0. The lowest BCUT2D eigenvalue weighted by Gasteiger charge is -2.08. The van der Waals surface area contributed by atoms with Gasteiger partial charge in [-0.15, -0.1) is 0 Å². The van der Waals surface area contributed by atoms with Gasteiger partial charge in [0.1, 0.15) is 6.61 Å². The van der Waals surface area contributed by atoms with Gasteiger partial charge in [0.2, 0.25) is 0 Å². The highest BCUT2D eigenvalue weighted by Crippen LogP contribution is 2.13. The summed E-state index contributed by atoms with van der Waals surface area (Å²) in [6.45, 7) is 3.77. The molecule has 0 bridgehead atoms. The van der Waals surface area contributed by atoms with Crippen molar-refractivity contribution in [2.45, 2.75) is 32.6 Å². The summed E-state index contributed by atoms with van der Waals surface area (Å²) in [6.07, 6.45) is -2.38. The lowest BCUT2D eigenvalue weighted by Crippen LogP contribution is -2.23. The lowest BCUT2D eigenvalue weighted by molar-refractivity contribution is -0.173. The maximum Gasteiger partial charge on any atom is 0.411 e. The first-order valence-electron chi connectivity index (χ1n) is 5.78. The molecular formula is C11H18F3N3O. The molecule has 0 amide bonds. The average Bonchev–Trinajstić information content (AvgIpc) is 2.70. The van der Waals surface area contributed by atoms with Crippen LogP contribution in [0.1, 0.15) is 25.6 Å². The van der Waals surface area contributed by atoms with E-state index in [-0.39, 0.29) is 6.61 Å². The van der Waals surface area contributed by atoms with Crippen LogP contribution in [-0.4, -0.2) is 35.7 Å². The molecule has 104 valence electrons. The van der Waals surface area contributed by atoms with E-state index < -0.39 is 12.8 Å². The lowest BCUT2D eigenvalue weighted by atomic mass is 10.4. The summed E-state index contributed by atoms with van der Waals surface area (Å²) in [5.74, 6) is 0. The monoisotopic (exact) mass is 265 g/mol. The van der Waals surface area contributed by atoms with Crippen molar-refractivity contribution in [1.29, 1.82) is 0 Å². The molecule has 7 heteroatoms. The Morgan fingerprint density at radius 1 is 1.44 bits per heavy atom. The van der Waals surface area contributed by atoms with Gasteiger partial charge in [0.25, 0.3) is 0 Å². The van der Waals surface area contributed by atoms with Gasteiger partial charge in [-0.05, 0) is 19.9 Å². The molecule has 0 fully saturated rings. The first kappa shape index (κ1) is 15.0. The third-order valence-corrected chi connectivity index (χ3v) is 2.19. The van der Waals surface area contributed by atoms with Crippen molar-refractivity contribution in [2.75, 3.05) is 19.8 Å². The number of alkyl halides is 3. The predicted octanol–water partition coefficient (Wildman–Crippen LogP) is 2.13. The second-order valence-corrected chi connectivity index (χ2v) is 4.23. The minimum absolute atomic E-state index is 0.0321. The molecule has 0 saturated carbocycles. The minimum Gasteiger partial charge on any atom is -0.371 e. The summed E-state index contributed by atoms with van der Waals surface area (Å²) in [5, 5.41) is 7.27. The molecule has 0 radical (unpaired) electrons. The average molecular weight is 265 g/mol. The van der Waals surface area contributed by atoms with Crippen LogP contribution < -0.4 is 5.32 Å². The Morgan fingerprint density at radius 2 is 2.17 bits per heavy atom. The molecule has 1 N–H and O–H groups in total. The Hall–Kier alpha value is -1.08. The largest absolute Gasteiger partial charge is 0.411 e. The van der Waals surface area contributed by atoms with Crippen LogP contribution in [-0.2, 0) is 11.3 Å². The van der Waals surface area contributed by atoms with Gasteiger partial charge in [-0.25, -0.2) is 0 Å². The van der Waals surface area contributed by atoms with Gasteiger partial charge >= 0.3 is 6.18 Å². The van der Waals surface area contributed by atoms with E-state index in [1.54, 1.807) is 0 Å². The maximum absolute atomic E-state index is 11.8. The van der Waals surface area contributed by atoms with Gasteiger partial charge in [-0.2, -0.15) is 18.3 Å². The second kappa shape index (κ2) is 6.75. The van der Waals surface area contributed by atoms with Crippen LogP contribution in [0.5, 0.6) is 0 Å². The second-order valence-electron chi connectivity index (χ2n) is 4.23. The third-order valence-electron chi connectivity index (χ3n) is 2.19. The van der Waals surface area contributed by atoms with Crippen molar-refractivity contribution in [1.82, 2.24) is 15.1 Å². The summed E-state index contributed by atoms with van der Waals surface area (Å²) in [5.41, 5.74) is 0.861. The van der Waals surface area contributed by atoms with Gasteiger partial charge in [0.15, 0.2) is 0 Å². The molecule has 0 aromatic carbocycles. The molecule has 1 aromatic rings. The Kier molecular flexibility index (Phi) is 5.61. The van der Waals surface area contributed by atoms with Gasteiger partial charge in [-0.1, -0.05) is 0 Å². The summed E-state index contributed by atoms with van der Waals surface area (Å²) in [6, 6.07) is 2.18. The molecule has 1 aromatic heterocycles. The first-order valence-corrected chi connectivity index (χ1v) is 5.78. The van der Waals surface area contributed by atoms with E-state index in [2.05, 4.69) is 15.2 Å². The van der Waals surface area contributed by atoms with E-state index in [1.807, 2.05) is 30.8 Å². The van der Waals surface area contributed by atoms with Gasteiger partial charge in [0, 0.05) is 25.3 Å². The molecule has 1 rings (SSSR count). The topological polar surface area (TPSA) is 39.1 Å². The van der Waals surface area contributed by atoms with E-state index in [9.17, 15) is 13.2 Å². The fourth-order valence-electron chi connectivity index (χ4n) is 1.31. The Morgan fingerprint density at radius 3 is 2.72 bits per heavy atom. The number of halogens is 3. The van der Waals surface area contributed by atoms with Crippen LogP contribution in [0, 0.1) is 0 Å². The van der Waals surface area contributed by atoms with Crippen LogP contribution in [0.25, 0.3) is 0 Å². The number of rotatable bonds is 7. The normalized spacial score (nSPS) is 12.3. The molecule has 0 saturated heterocycles. The minimum atomic E-state index is -4.25. The van der Waals surface area contributed by atoms with Gasteiger partial charge in [-0.3, -0.25) is 4.68 Å². The predicted molar refractivity (Wildman–Crippen MR) is 61.2 cm³/mol. The summed E-state index contributed by atoms with van der Waals surface area (Å²) >= 11 is 0. The summed E-state index contributed by atoms with van der Waals surface area (Å²) in [4.78, 5) is 0. The number of ether oxygens (including phenoxy) is 1. The zero-order valence-electron chi connectivity index (χ0n) is 10.5. The van der Waals surface area contributed by atoms with E-state index >= 15 is 0 Å². The van der Waals surface area contributed by atoms with Crippen molar-refractivity contribution in [3.63, 3.8) is 0 Å². The number of aromatic nitrogens is 2. The molecule has 0 unspecified atom stereocenters. The van der Waals surface area contributed by atoms with Crippen LogP contribution in [0.2, 0.25) is 0 Å².